The van der Waals surface area contributed by atoms with Gasteiger partial charge in [0.15, 0.2) is 0 Å². The molecule has 2 nitrogen and oxygen atoms in total. The zero-order chi connectivity index (χ0) is 12.3. The topological polar surface area (TPSA) is 38.0 Å². The van der Waals surface area contributed by atoms with Gasteiger partial charge in [0.1, 0.15) is 0 Å². The molecule has 17 heavy (non-hydrogen) atoms. The van der Waals surface area contributed by atoms with Gasteiger partial charge in [0.2, 0.25) is 0 Å². The van der Waals surface area contributed by atoms with Gasteiger partial charge in [-0.25, -0.2) is 0 Å². The molecule has 1 atom stereocenters. The van der Waals surface area contributed by atoms with Crippen LogP contribution in [0, 0.1) is 19.8 Å². The minimum Gasteiger partial charge on any atom is -0.324 e. The zero-order valence-corrected chi connectivity index (χ0v) is 11.0. The molecule has 2 rings (SSSR count). The quantitative estimate of drug-likeness (QED) is 0.841. The van der Waals surface area contributed by atoms with Gasteiger partial charge in [-0.05, 0) is 68.8 Å². The Labute approximate surface area is 105 Å². The molecule has 1 aromatic rings. The molecule has 0 bridgehead atoms. The minimum absolute atomic E-state index is 0.206. The van der Waals surface area contributed by atoms with Crippen LogP contribution in [0.25, 0.3) is 0 Å². The van der Waals surface area contributed by atoms with Crippen molar-refractivity contribution in [2.75, 3.05) is 13.1 Å². The van der Waals surface area contributed by atoms with E-state index in [0.29, 0.717) is 0 Å². The van der Waals surface area contributed by atoms with E-state index in [1.807, 2.05) is 0 Å². The Kier molecular flexibility index (Phi) is 4.19. The summed E-state index contributed by atoms with van der Waals surface area (Å²) in [5, 5.41) is 3.40. The van der Waals surface area contributed by atoms with Gasteiger partial charge in [-0.3, -0.25) is 0 Å². The van der Waals surface area contributed by atoms with Crippen LogP contribution < -0.4 is 11.1 Å². The van der Waals surface area contributed by atoms with Crippen LogP contribution in [-0.4, -0.2) is 13.1 Å². The summed E-state index contributed by atoms with van der Waals surface area (Å²) in [5.74, 6) is 0.799. The first kappa shape index (κ1) is 12.6. The predicted octanol–water partition coefficient (Wildman–Crippen LogP) is 2.69. The lowest BCUT2D eigenvalue weighted by Crippen LogP contribution is -2.29. The fourth-order valence-corrected chi connectivity index (χ4v) is 2.61. The first-order valence-electron chi connectivity index (χ1n) is 6.70. The number of benzene rings is 1. The summed E-state index contributed by atoms with van der Waals surface area (Å²) in [6.07, 6.45) is 3.68. The lowest BCUT2D eigenvalue weighted by molar-refractivity contribution is 0.333. The number of piperidine rings is 1. The Morgan fingerprint density at radius 1 is 1.24 bits per heavy atom. The normalized spacial score (nSPS) is 19.2. The summed E-state index contributed by atoms with van der Waals surface area (Å²) >= 11 is 0. The van der Waals surface area contributed by atoms with Crippen LogP contribution in [0.15, 0.2) is 18.2 Å². The highest BCUT2D eigenvalue weighted by molar-refractivity contribution is 5.31. The van der Waals surface area contributed by atoms with E-state index in [9.17, 15) is 0 Å². The fraction of sp³-hybridized carbons (Fsp3) is 0.600. The molecule has 1 unspecified atom stereocenters. The Balaban J connectivity index is 1.98. The van der Waals surface area contributed by atoms with Gasteiger partial charge in [0, 0.05) is 6.04 Å². The van der Waals surface area contributed by atoms with Crippen molar-refractivity contribution in [2.24, 2.45) is 11.7 Å². The lowest BCUT2D eigenvalue weighted by Gasteiger charge is -2.25. The third kappa shape index (κ3) is 3.30. The van der Waals surface area contributed by atoms with Crippen LogP contribution in [0.1, 0.15) is 42.0 Å². The molecule has 1 saturated heterocycles. The monoisotopic (exact) mass is 232 g/mol. The highest BCUT2D eigenvalue weighted by Gasteiger charge is 2.17. The largest absolute Gasteiger partial charge is 0.324 e. The molecule has 0 saturated carbocycles. The molecule has 94 valence electrons. The first-order valence-corrected chi connectivity index (χ1v) is 6.70. The van der Waals surface area contributed by atoms with E-state index in [2.05, 4.69) is 37.4 Å². The summed E-state index contributed by atoms with van der Waals surface area (Å²) in [7, 11) is 0. The zero-order valence-electron chi connectivity index (χ0n) is 11.0. The van der Waals surface area contributed by atoms with E-state index < -0.39 is 0 Å². The van der Waals surface area contributed by atoms with Crippen molar-refractivity contribution in [3.63, 3.8) is 0 Å². The molecule has 2 heteroatoms. The second-order valence-corrected chi connectivity index (χ2v) is 5.38. The number of nitrogens with one attached hydrogen (secondary N) is 1. The molecular weight excluding hydrogens is 208 g/mol. The summed E-state index contributed by atoms with van der Waals surface area (Å²) in [4.78, 5) is 0. The molecule has 1 aliphatic rings. The number of hydrogen-bond acceptors (Lipinski definition) is 2. The van der Waals surface area contributed by atoms with E-state index in [1.165, 1.54) is 29.5 Å². The van der Waals surface area contributed by atoms with Crippen molar-refractivity contribution >= 4 is 0 Å². The Morgan fingerprint density at radius 3 is 2.59 bits per heavy atom. The summed E-state index contributed by atoms with van der Waals surface area (Å²) in [6, 6.07) is 6.83. The molecular formula is C15H24N2. The molecule has 0 spiro atoms. The lowest BCUT2D eigenvalue weighted by atomic mass is 9.88. The number of nitrogens with two attached hydrogens (primary N) is 1. The van der Waals surface area contributed by atoms with Crippen LogP contribution in [0.2, 0.25) is 0 Å². The van der Waals surface area contributed by atoms with Gasteiger partial charge in [-0.2, -0.15) is 0 Å². The van der Waals surface area contributed by atoms with Crippen molar-refractivity contribution in [3.8, 4) is 0 Å². The highest BCUT2D eigenvalue weighted by atomic mass is 14.9. The number of rotatable bonds is 3. The second-order valence-electron chi connectivity index (χ2n) is 5.38. The molecule has 1 aliphatic heterocycles. The molecule has 1 aromatic carbocycles. The molecule has 0 aliphatic carbocycles. The van der Waals surface area contributed by atoms with Crippen LogP contribution in [-0.2, 0) is 0 Å². The average molecular weight is 232 g/mol. The molecule has 1 heterocycles. The Morgan fingerprint density at radius 2 is 1.94 bits per heavy atom. The minimum atomic E-state index is 0.206. The van der Waals surface area contributed by atoms with E-state index in [0.717, 1.165) is 25.4 Å². The fourth-order valence-electron chi connectivity index (χ4n) is 2.61. The molecule has 0 radical (unpaired) electrons. The van der Waals surface area contributed by atoms with Gasteiger partial charge in [0.05, 0.1) is 0 Å². The maximum atomic E-state index is 6.32. The molecule has 0 amide bonds. The van der Waals surface area contributed by atoms with Crippen LogP contribution in [0.3, 0.4) is 0 Å². The van der Waals surface area contributed by atoms with E-state index in [4.69, 9.17) is 5.73 Å². The van der Waals surface area contributed by atoms with Crippen molar-refractivity contribution in [2.45, 2.75) is 39.2 Å². The van der Waals surface area contributed by atoms with Crippen molar-refractivity contribution < 1.29 is 0 Å². The van der Waals surface area contributed by atoms with E-state index in [-0.39, 0.29) is 6.04 Å². The first-order chi connectivity index (χ1) is 8.16. The van der Waals surface area contributed by atoms with Gasteiger partial charge >= 0.3 is 0 Å². The SMILES string of the molecule is Cc1ccc(C(N)CC2CCNCC2)cc1C. The number of hydrogen-bond donors (Lipinski definition) is 2. The van der Waals surface area contributed by atoms with Gasteiger partial charge in [-0.15, -0.1) is 0 Å². The Hall–Kier alpha value is -0.860. The van der Waals surface area contributed by atoms with Crippen LogP contribution in [0.4, 0.5) is 0 Å². The molecule has 0 aromatic heterocycles. The van der Waals surface area contributed by atoms with Crippen molar-refractivity contribution in [1.82, 2.24) is 5.32 Å². The van der Waals surface area contributed by atoms with Gasteiger partial charge in [0.25, 0.3) is 0 Å². The second kappa shape index (κ2) is 5.65. The van der Waals surface area contributed by atoms with Crippen molar-refractivity contribution in [1.29, 1.82) is 0 Å². The summed E-state index contributed by atoms with van der Waals surface area (Å²) < 4.78 is 0. The third-order valence-corrected chi connectivity index (χ3v) is 4.01. The Bertz CT molecular complexity index is 367. The van der Waals surface area contributed by atoms with Crippen LogP contribution in [0.5, 0.6) is 0 Å². The predicted molar refractivity (Wildman–Crippen MR) is 73.1 cm³/mol. The van der Waals surface area contributed by atoms with Gasteiger partial charge < -0.3 is 11.1 Å². The maximum Gasteiger partial charge on any atom is 0.0297 e. The third-order valence-electron chi connectivity index (χ3n) is 4.01. The van der Waals surface area contributed by atoms with Gasteiger partial charge in [-0.1, -0.05) is 18.2 Å². The van der Waals surface area contributed by atoms with E-state index in [1.54, 1.807) is 0 Å². The summed E-state index contributed by atoms with van der Waals surface area (Å²) in [5.41, 5.74) is 10.3. The number of aryl methyl sites for hydroxylation is 2. The average Bonchev–Trinajstić information content (AvgIpc) is 2.34. The van der Waals surface area contributed by atoms with Crippen molar-refractivity contribution in [3.05, 3.63) is 34.9 Å². The molecule has 3 N–H and O–H groups in total. The standard InChI is InChI=1S/C15H24N2/c1-11-3-4-14(9-12(11)2)15(16)10-13-5-7-17-8-6-13/h3-4,9,13,15,17H,5-8,10,16H2,1-2H3. The highest BCUT2D eigenvalue weighted by Crippen LogP contribution is 2.25. The van der Waals surface area contributed by atoms with E-state index >= 15 is 0 Å². The summed E-state index contributed by atoms with van der Waals surface area (Å²) in [6.45, 7) is 6.63. The van der Waals surface area contributed by atoms with Crippen LogP contribution >= 0.6 is 0 Å². The molecule has 1 fully saturated rings. The maximum absolute atomic E-state index is 6.32. The smallest absolute Gasteiger partial charge is 0.0297 e.